The van der Waals surface area contributed by atoms with E-state index in [2.05, 4.69) is 5.10 Å². The zero-order valence-corrected chi connectivity index (χ0v) is 20.7. The first-order valence-electron chi connectivity index (χ1n) is 11.2. The number of hydrogen-bond acceptors (Lipinski definition) is 7. The number of esters is 1. The van der Waals surface area contributed by atoms with Crippen molar-refractivity contribution < 1.29 is 18.7 Å². The largest absolute Gasteiger partial charge is 0.453 e. The van der Waals surface area contributed by atoms with E-state index in [9.17, 15) is 20.1 Å². The predicted molar refractivity (Wildman–Crippen MR) is 135 cm³/mol. The van der Waals surface area contributed by atoms with E-state index in [1.54, 1.807) is 37.3 Å². The molecule has 0 saturated carbocycles. The number of benzene rings is 3. The Bertz CT molecular complexity index is 1640. The number of hydrogen-bond donors (Lipinski definition) is 0. The lowest BCUT2D eigenvalue weighted by Gasteiger charge is -2.13. The smallest absolute Gasteiger partial charge is 0.339 e. The maximum absolute atomic E-state index is 15.5. The Balaban J connectivity index is 1.59. The van der Waals surface area contributed by atoms with Crippen molar-refractivity contribution in [2.75, 3.05) is 0 Å². The molecular weight excluding hydrogens is 511 g/mol. The minimum atomic E-state index is -0.772. The van der Waals surface area contributed by atoms with Crippen LogP contribution in [0.3, 0.4) is 0 Å². The van der Waals surface area contributed by atoms with Crippen molar-refractivity contribution in [1.82, 2.24) is 9.78 Å². The van der Waals surface area contributed by atoms with Crippen molar-refractivity contribution in [2.24, 2.45) is 0 Å². The van der Waals surface area contributed by atoms with Crippen molar-refractivity contribution in [1.29, 1.82) is 10.5 Å². The molecule has 0 atom stereocenters. The monoisotopic (exact) mass is 528 g/mol. The van der Waals surface area contributed by atoms with Gasteiger partial charge >= 0.3 is 5.97 Å². The van der Waals surface area contributed by atoms with E-state index >= 15 is 4.39 Å². The van der Waals surface area contributed by atoms with Gasteiger partial charge in [0.25, 0.3) is 5.56 Å². The molecule has 1 aromatic heterocycles. The summed E-state index contributed by atoms with van der Waals surface area (Å²) in [5, 5.41) is 22.6. The van der Waals surface area contributed by atoms with Crippen LogP contribution in [0.4, 0.5) is 4.39 Å². The highest BCUT2D eigenvalue weighted by molar-refractivity contribution is 6.32. The number of carbonyl (C=O) groups is 1. The van der Waals surface area contributed by atoms with Crippen LogP contribution in [0.1, 0.15) is 38.3 Å². The van der Waals surface area contributed by atoms with Gasteiger partial charge in [0, 0.05) is 12.0 Å². The molecule has 0 spiro atoms. The second kappa shape index (κ2) is 11.4. The summed E-state index contributed by atoms with van der Waals surface area (Å²) >= 11 is 6.19. The Morgan fingerprint density at radius 3 is 2.39 bits per heavy atom. The van der Waals surface area contributed by atoms with Crippen molar-refractivity contribution in [2.45, 2.75) is 20.1 Å². The Hall–Kier alpha value is -4.99. The molecule has 1 heterocycles. The van der Waals surface area contributed by atoms with Crippen LogP contribution >= 0.6 is 11.6 Å². The SMILES string of the molecule is Cc1cc(Cc2ccc(Cl)c(Oc3cc(C#N)cc(C#N)c3)c2F)nn(COC(=O)c2ccccc2)c1=O. The van der Waals surface area contributed by atoms with E-state index in [-0.39, 0.29) is 39.6 Å². The lowest BCUT2D eigenvalue weighted by atomic mass is 10.1. The van der Waals surface area contributed by atoms with Gasteiger partial charge in [0.1, 0.15) is 5.75 Å². The molecule has 0 aliphatic heterocycles. The number of carbonyl (C=O) groups excluding carboxylic acids is 1. The summed E-state index contributed by atoms with van der Waals surface area (Å²) in [5.41, 5.74) is 1.03. The Morgan fingerprint density at radius 1 is 1.05 bits per heavy atom. The van der Waals surface area contributed by atoms with Crippen LogP contribution in [0.2, 0.25) is 5.02 Å². The second-order valence-electron chi connectivity index (χ2n) is 8.15. The second-order valence-corrected chi connectivity index (χ2v) is 8.56. The molecule has 188 valence electrons. The normalized spacial score (nSPS) is 10.3. The van der Waals surface area contributed by atoms with Crippen LogP contribution in [0.5, 0.6) is 11.5 Å². The molecular formula is C28H18ClFN4O4. The summed E-state index contributed by atoms with van der Waals surface area (Å²) in [4.78, 5) is 24.8. The molecule has 0 saturated heterocycles. The average molecular weight is 529 g/mol. The lowest BCUT2D eigenvalue weighted by Crippen LogP contribution is -2.28. The number of aromatic nitrogens is 2. The number of nitriles is 2. The summed E-state index contributed by atoms with van der Waals surface area (Å²) in [6, 6.07) is 20.7. The molecule has 38 heavy (non-hydrogen) atoms. The minimum absolute atomic E-state index is 0.0194. The number of halogens is 2. The van der Waals surface area contributed by atoms with Crippen LogP contribution in [0, 0.1) is 35.4 Å². The molecule has 0 amide bonds. The third-order valence-corrected chi connectivity index (χ3v) is 5.71. The van der Waals surface area contributed by atoms with Crippen LogP contribution in [0.15, 0.2) is 71.5 Å². The number of nitrogens with zero attached hydrogens (tertiary/aromatic N) is 4. The molecule has 0 aliphatic rings. The molecule has 8 nitrogen and oxygen atoms in total. The Morgan fingerprint density at radius 2 is 1.74 bits per heavy atom. The minimum Gasteiger partial charge on any atom is -0.453 e. The standard InChI is InChI=1S/C28H18ClFN4O4/c1-17-9-22(33-34(27(17)35)16-37-28(36)20-5-3-2-4-6-20)13-21-7-8-24(29)26(25(21)30)38-23-11-18(14-31)10-19(12-23)15-32/h2-12H,13,16H2,1H3. The van der Waals surface area contributed by atoms with Crippen molar-refractivity contribution >= 4 is 17.6 Å². The van der Waals surface area contributed by atoms with E-state index in [0.29, 0.717) is 16.8 Å². The topological polar surface area (TPSA) is 118 Å². The van der Waals surface area contributed by atoms with Gasteiger partial charge in [-0.15, -0.1) is 0 Å². The van der Waals surface area contributed by atoms with Crippen molar-refractivity contribution in [3.05, 3.63) is 121 Å². The molecule has 10 heteroatoms. The highest BCUT2D eigenvalue weighted by atomic mass is 35.5. The van der Waals surface area contributed by atoms with Gasteiger partial charge in [-0.25, -0.2) is 9.18 Å². The summed E-state index contributed by atoms with van der Waals surface area (Å²) in [6.07, 6.45) is -0.0329. The molecule has 0 aliphatic carbocycles. The third kappa shape index (κ3) is 5.86. The highest BCUT2D eigenvalue weighted by Crippen LogP contribution is 2.35. The summed E-state index contributed by atoms with van der Waals surface area (Å²) in [7, 11) is 0. The summed E-state index contributed by atoms with van der Waals surface area (Å²) in [5.74, 6) is -1.61. The van der Waals surface area contributed by atoms with Crippen LogP contribution in [-0.2, 0) is 17.9 Å². The average Bonchev–Trinajstić information content (AvgIpc) is 2.93. The van der Waals surface area contributed by atoms with Gasteiger partial charge in [-0.2, -0.15) is 20.3 Å². The van der Waals surface area contributed by atoms with Gasteiger partial charge < -0.3 is 9.47 Å². The molecule has 0 radical (unpaired) electrons. The van der Waals surface area contributed by atoms with Crippen LogP contribution < -0.4 is 10.3 Å². The molecule has 0 bridgehead atoms. The molecule has 0 fully saturated rings. The first kappa shape index (κ1) is 26.1. The fraction of sp³-hybridized carbons (Fsp3) is 0.107. The fourth-order valence-electron chi connectivity index (χ4n) is 3.60. The zero-order valence-electron chi connectivity index (χ0n) is 19.9. The number of aryl methyl sites for hydroxylation is 1. The van der Waals surface area contributed by atoms with E-state index in [0.717, 1.165) is 4.68 Å². The van der Waals surface area contributed by atoms with Gasteiger partial charge in [-0.05, 0) is 55.0 Å². The van der Waals surface area contributed by atoms with E-state index in [1.165, 1.54) is 36.4 Å². The van der Waals surface area contributed by atoms with Gasteiger partial charge in [-0.3, -0.25) is 4.79 Å². The third-order valence-electron chi connectivity index (χ3n) is 5.42. The van der Waals surface area contributed by atoms with Crippen molar-refractivity contribution in [3.63, 3.8) is 0 Å². The summed E-state index contributed by atoms with van der Waals surface area (Å²) in [6.45, 7) is 1.15. The number of ether oxygens (including phenoxy) is 2. The predicted octanol–water partition coefficient (Wildman–Crippen LogP) is 5.29. The fourth-order valence-corrected chi connectivity index (χ4v) is 3.78. The Labute approximate surface area is 221 Å². The van der Waals surface area contributed by atoms with E-state index < -0.39 is 24.1 Å². The highest BCUT2D eigenvalue weighted by Gasteiger charge is 2.18. The number of rotatable bonds is 7. The van der Waals surface area contributed by atoms with Crippen LogP contribution in [-0.4, -0.2) is 15.7 Å². The van der Waals surface area contributed by atoms with Gasteiger partial charge in [0.2, 0.25) is 0 Å². The molecule has 0 N–H and O–H groups in total. The van der Waals surface area contributed by atoms with Gasteiger partial charge in [0.05, 0.1) is 39.5 Å². The molecule has 0 unspecified atom stereocenters. The van der Waals surface area contributed by atoms with E-state index in [4.69, 9.17) is 21.1 Å². The Kier molecular flexibility index (Phi) is 7.81. The zero-order chi connectivity index (χ0) is 27.2. The molecule has 3 aromatic carbocycles. The first-order chi connectivity index (χ1) is 18.3. The summed E-state index contributed by atoms with van der Waals surface area (Å²) < 4.78 is 27.3. The van der Waals surface area contributed by atoms with Crippen molar-refractivity contribution in [3.8, 4) is 23.6 Å². The lowest BCUT2D eigenvalue weighted by molar-refractivity contribution is 0.0338. The maximum atomic E-state index is 15.5. The molecule has 4 aromatic rings. The van der Waals surface area contributed by atoms with E-state index in [1.807, 2.05) is 12.1 Å². The maximum Gasteiger partial charge on any atom is 0.339 e. The van der Waals surface area contributed by atoms with Crippen LogP contribution in [0.25, 0.3) is 0 Å². The van der Waals surface area contributed by atoms with Gasteiger partial charge in [-0.1, -0.05) is 35.9 Å². The first-order valence-corrected chi connectivity index (χ1v) is 11.6. The quantitative estimate of drug-likeness (QED) is 0.299. The van der Waals surface area contributed by atoms with Gasteiger partial charge in [0.15, 0.2) is 18.3 Å². The molecule has 4 rings (SSSR count).